The number of fused-ring (bicyclic) bond motifs is 1. The molecule has 1 amide bonds. The smallest absolute Gasteiger partial charge is 0.259 e. The largest absolute Gasteiger partial charge is 0.494 e. The normalized spacial score (nSPS) is 15.1. The van der Waals surface area contributed by atoms with Crippen LogP contribution in [0.1, 0.15) is 35.3 Å². The zero-order valence-electron chi connectivity index (χ0n) is 16.3. The lowest BCUT2D eigenvalue weighted by atomic mass is 10.0. The second kappa shape index (κ2) is 7.70. The zero-order valence-corrected chi connectivity index (χ0v) is 17.1. The lowest BCUT2D eigenvalue weighted by molar-refractivity contribution is 0.0877. The van der Waals surface area contributed by atoms with Gasteiger partial charge in [0, 0.05) is 6.20 Å². The van der Waals surface area contributed by atoms with Crippen LogP contribution in [0.2, 0.25) is 0 Å². The summed E-state index contributed by atoms with van der Waals surface area (Å²) in [4.78, 5) is 16.6. The van der Waals surface area contributed by atoms with Crippen LogP contribution >= 0.6 is 0 Å². The van der Waals surface area contributed by atoms with Crippen LogP contribution in [-0.4, -0.2) is 44.4 Å². The Morgan fingerprint density at radius 2 is 2.03 bits per heavy atom. The number of benzene rings is 1. The summed E-state index contributed by atoms with van der Waals surface area (Å²) in [6, 6.07) is 6.61. The first-order chi connectivity index (χ1) is 13.6. The predicted octanol–water partition coefficient (Wildman–Crippen LogP) is 1.23. The van der Waals surface area contributed by atoms with Crippen molar-refractivity contribution in [2.45, 2.75) is 25.1 Å². The Bertz CT molecular complexity index is 1080. The Morgan fingerprint density at radius 3 is 2.76 bits per heavy atom. The van der Waals surface area contributed by atoms with E-state index in [2.05, 4.69) is 14.7 Å². The molecule has 9 nitrogen and oxygen atoms in total. The van der Waals surface area contributed by atoms with Crippen LogP contribution in [0.5, 0.6) is 11.5 Å². The van der Waals surface area contributed by atoms with Gasteiger partial charge in [-0.3, -0.25) is 9.78 Å². The third kappa shape index (κ3) is 4.65. The van der Waals surface area contributed by atoms with E-state index in [0.29, 0.717) is 28.2 Å². The second-order valence-corrected chi connectivity index (χ2v) is 8.83. The molecule has 0 spiro atoms. The number of amidine groups is 1. The number of rotatable bonds is 6. The molecule has 3 rings (SSSR count). The van der Waals surface area contributed by atoms with E-state index >= 15 is 0 Å². The Balaban J connectivity index is 1.76. The number of sulfonamides is 1. The lowest BCUT2D eigenvalue weighted by Crippen LogP contribution is -2.48. The maximum absolute atomic E-state index is 12.6. The molecule has 1 aromatic heterocycles. The Morgan fingerprint density at radius 1 is 1.28 bits per heavy atom. The fraction of sp³-hybridized carbons (Fsp3) is 0.316. The SMILES string of the molecule is COc1cnccc1C(=O)NC(C)(C)COc1cccc2c1C(N)=NS(=O)(=O)C2. The van der Waals surface area contributed by atoms with E-state index in [1.165, 1.54) is 19.5 Å². The first-order valence-electron chi connectivity index (χ1n) is 8.75. The predicted molar refractivity (Wildman–Crippen MR) is 108 cm³/mol. The highest BCUT2D eigenvalue weighted by Crippen LogP contribution is 2.28. The summed E-state index contributed by atoms with van der Waals surface area (Å²) >= 11 is 0. The molecule has 0 atom stereocenters. The van der Waals surface area contributed by atoms with Crippen LogP contribution in [0.25, 0.3) is 0 Å². The molecule has 1 aliphatic rings. The molecule has 0 aliphatic carbocycles. The lowest BCUT2D eigenvalue weighted by Gasteiger charge is -2.28. The number of nitrogens with zero attached hydrogens (tertiary/aromatic N) is 2. The number of ether oxygens (including phenoxy) is 2. The van der Waals surface area contributed by atoms with Gasteiger partial charge in [0.25, 0.3) is 15.9 Å². The van der Waals surface area contributed by atoms with Crippen molar-refractivity contribution in [2.24, 2.45) is 10.1 Å². The number of methoxy groups -OCH3 is 1. The van der Waals surface area contributed by atoms with E-state index in [9.17, 15) is 13.2 Å². The Labute approximate surface area is 169 Å². The minimum atomic E-state index is -3.63. The van der Waals surface area contributed by atoms with Crippen LogP contribution in [0.4, 0.5) is 0 Å². The minimum Gasteiger partial charge on any atom is -0.494 e. The van der Waals surface area contributed by atoms with Gasteiger partial charge >= 0.3 is 0 Å². The Kier molecular flexibility index (Phi) is 5.47. The number of nitrogens with two attached hydrogens (primary N) is 1. The van der Waals surface area contributed by atoms with Gasteiger partial charge in [0.15, 0.2) is 0 Å². The summed E-state index contributed by atoms with van der Waals surface area (Å²) in [6.07, 6.45) is 2.97. The third-order valence-corrected chi connectivity index (χ3v) is 5.38. The summed E-state index contributed by atoms with van der Waals surface area (Å²) < 4.78 is 38.2. The summed E-state index contributed by atoms with van der Waals surface area (Å²) in [5, 5.41) is 2.89. The number of carbonyl (C=O) groups excluding carboxylic acids is 1. The molecule has 1 aromatic carbocycles. The van der Waals surface area contributed by atoms with E-state index in [1.54, 1.807) is 38.1 Å². The van der Waals surface area contributed by atoms with E-state index in [0.717, 1.165) is 0 Å². The first-order valence-corrected chi connectivity index (χ1v) is 10.4. The third-order valence-electron chi connectivity index (χ3n) is 4.23. The van der Waals surface area contributed by atoms with E-state index in [1.807, 2.05) is 0 Å². The van der Waals surface area contributed by atoms with Crippen molar-refractivity contribution in [1.29, 1.82) is 0 Å². The maximum atomic E-state index is 12.6. The molecule has 154 valence electrons. The first kappa shape index (κ1) is 20.6. The van der Waals surface area contributed by atoms with Gasteiger partial charge in [-0.15, -0.1) is 4.40 Å². The summed E-state index contributed by atoms with van der Waals surface area (Å²) in [6.45, 7) is 3.72. The van der Waals surface area contributed by atoms with Gasteiger partial charge in [-0.1, -0.05) is 12.1 Å². The zero-order chi connectivity index (χ0) is 21.2. The highest BCUT2D eigenvalue weighted by atomic mass is 32.2. The van der Waals surface area contributed by atoms with Crippen LogP contribution < -0.4 is 20.5 Å². The van der Waals surface area contributed by atoms with Crippen LogP contribution in [-0.2, 0) is 15.8 Å². The molecule has 0 unspecified atom stereocenters. The van der Waals surface area contributed by atoms with Crippen LogP contribution in [0.15, 0.2) is 41.1 Å². The molecule has 3 N–H and O–H groups in total. The number of hydrogen-bond donors (Lipinski definition) is 2. The van der Waals surface area contributed by atoms with Crippen LogP contribution in [0.3, 0.4) is 0 Å². The van der Waals surface area contributed by atoms with Gasteiger partial charge in [-0.2, -0.15) is 0 Å². The van der Waals surface area contributed by atoms with Gasteiger partial charge in [0.1, 0.15) is 23.9 Å². The fourth-order valence-corrected chi connectivity index (χ4v) is 4.02. The minimum absolute atomic E-state index is 0.106. The molecule has 0 radical (unpaired) electrons. The van der Waals surface area contributed by atoms with Crippen molar-refractivity contribution in [3.05, 3.63) is 53.3 Å². The highest BCUT2D eigenvalue weighted by Gasteiger charge is 2.28. The summed E-state index contributed by atoms with van der Waals surface area (Å²) in [7, 11) is -2.16. The monoisotopic (exact) mass is 418 g/mol. The van der Waals surface area contributed by atoms with E-state index in [4.69, 9.17) is 15.2 Å². The van der Waals surface area contributed by atoms with Gasteiger partial charge in [-0.25, -0.2) is 8.42 Å². The molecule has 0 saturated carbocycles. The standard InChI is InChI=1S/C19H22N4O5S/c1-19(2,22-18(24)13-7-8-21-9-15(13)27-3)11-28-14-6-4-5-12-10-29(25,26)23-17(20)16(12)14/h4-9H,10-11H2,1-3H3,(H2,20,23)(H,22,24). The summed E-state index contributed by atoms with van der Waals surface area (Å²) in [5.74, 6) is 0.0965. The number of carbonyl (C=O) groups is 1. The van der Waals surface area contributed by atoms with Gasteiger partial charge in [0.05, 0.1) is 35.7 Å². The number of amides is 1. The van der Waals surface area contributed by atoms with Gasteiger partial charge in [-0.05, 0) is 31.5 Å². The molecule has 0 fully saturated rings. The molecule has 0 bridgehead atoms. The topological polar surface area (TPSA) is 133 Å². The van der Waals surface area contributed by atoms with Crippen molar-refractivity contribution < 1.29 is 22.7 Å². The molecular weight excluding hydrogens is 396 g/mol. The van der Waals surface area contributed by atoms with E-state index in [-0.39, 0.29) is 24.1 Å². The molecule has 29 heavy (non-hydrogen) atoms. The number of pyridine rings is 1. The maximum Gasteiger partial charge on any atom is 0.259 e. The molecule has 10 heteroatoms. The second-order valence-electron chi connectivity index (χ2n) is 7.20. The van der Waals surface area contributed by atoms with E-state index < -0.39 is 15.6 Å². The molecule has 1 aliphatic heterocycles. The van der Waals surface area contributed by atoms with Gasteiger partial charge < -0.3 is 20.5 Å². The number of nitrogens with one attached hydrogen (secondary N) is 1. The summed E-state index contributed by atoms with van der Waals surface area (Å²) in [5.41, 5.74) is 6.44. The molecular formula is C19H22N4O5S. The van der Waals surface area contributed by atoms with Crippen molar-refractivity contribution >= 4 is 21.8 Å². The molecule has 2 heterocycles. The number of hydrogen-bond acceptors (Lipinski definition) is 7. The fourth-order valence-electron chi connectivity index (χ4n) is 2.93. The van der Waals surface area contributed by atoms with Crippen molar-refractivity contribution in [1.82, 2.24) is 10.3 Å². The molecule has 2 aromatic rings. The van der Waals surface area contributed by atoms with Gasteiger partial charge in [0.2, 0.25) is 0 Å². The highest BCUT2D eigenvalue weighted by molar-refractivity contribution is 7.89. The van der Waals surface area contributed by atoms with Crippen molar-refractivity contribution in [3.8, 4) is 11.5 Å². The van der Waals surface area contributed by atoms with Crippen molar-refractivity contribution in [3.63, 3.8) is 0 Å². The van der Waals surface area contributed by atoms with Crippen LogP contribution in [0, 0.1) is 0 Å². The average molecular weight is 418 g/mol. The Hall–Kier alpha value is -3.14. The van der Waals surface area contributed by atoms with Crippen molar-refractivity contribution in [2.75, 3.05) is 13.7 Å². The number of aromatic nitrogens is 1. The average Bonchev–Trinajstić information content (AvgIpc) is 2.64. The molecule has 0 saturated heterocycles. The quantitative estimate of drug-likeness (QED) is 0.721.